The molecule has 0 unspecified atom stereocenters. The van der Waals surface area contributed by atoms with Crippen molar-refractivity contribution >= 4 is 5.91 Å². The zero-order valence-electron chi connectivity index (χ0n) is 13.7. The summed E-state index contributed by atoms with van der Waals surface area (Å²) in [6, 6.07) is 3.29. The number of aromatic nitrogens is 2. The van der Waals surface area contributed by atoms with Crippen molar-refractivity contribution < 1.29 is 13.6 Å². The predicted molar refractivity (Wildman–Crippen MR) is 86.0 cm³/mol. The average Bonchev–Trinajstić information content (AvgIpc) is 3.12. The molecule has 1 aliphatic heterocycles. The first-order valence-corrected chi connectivity index (χ1v) is 7.93. The Labute approximate surface area is 139 Å². The lowest BCUT2D eigenvalue weighted by Crippen LogP contribution is -2.30. The van der Waals surface area contributed by atoms with Gasteiger partial charge in [0.2, 0.25) is 0 Å². The van der Waals surface area contributed by atoms with Gasteiger partial charge in [0.25, 0.3) is 5.91 Å². The van der Waals surface area contributed by atoms with E-state index in [9.17, 15) is 13.6 Å². The number of nitrogens with zero attached hydrogens (tertiary/aromatic N) is 3. The second-order valence-corrected chi connectivity index (χ2v) is 6.19. The first kappa shape index (κ1) is 16.6. The molecule has 1 amide bonds. The van der Waals surface area contributed by atoms with Crippen LogP contribution >= 0.6 is 0 Å². The number of nitrogens with two attached hydrogens (primary N) is 1. The monoisotopic (exact) mass is 334 g/mol. The summed E-state index contributed by atoms with van der Waals surface area (Å²) in [4.78, 5) is 14.6. The third kappa shape index (κ3) is 2.80. The Morgan fingerprint density at radius 2 is 2.12 bits per heavy atom. The quantitative estimate of drug-likeness (QED) is 0.936. The summed E-state index contributed by atoms with van der Waals surface area (Å²) >= 11 is 0. The van der Waals surface area contributed by atoms with Gasteiger partial charge in [0.15, 0.2) is 5.82 Å². The number of halogens is 2. The molecule has 128 valence electrons. The molecule has 24 heavy (non-hydrogen) atoms. The molecule has 2 N–H and O–H groups in total. The van der Waals surface area contributed by atoms with Crippen molar-refractivity contribution in [3.05, 3.63) is 46.8 Å². The maximum Gasteiger partial charge on any atom is 0.257 e. The number of likely N-dealkylation sites (tertiary alicyclic amines) is 1. The van der Waals surface area contributed by atoms with Gasteiger partial charge < -0.3 is 10.6 Å². The molecule has 1 aliphatic rings. The van der Waals surface area contributed by atoms with Crippen LogP contribution in [0.1, 0.15) is 28.2 Å². The molecule has 5 nitrogen and oxygen atoms in total. The second-order valence-electron chi connectivity index (χ2n) is 6.19. The molecule has 3 rings (SSSR count). The van der Waals surface area contributed by atoms with Gasteiger partial charge in [0.1, 0.15) is 11.5 Å². The van der Waals surface area contributed by atoms with Crippen molar-refractivity contribution in [2.24, 2.45) is 11.7 Å². The smallest absolute Gasteiger partial charge is 0.257 e. The van der Waals surface area contributed by atoms with E-state index in [1.165, 1.54) is 16.8 Å². The Hall–Kier alpha value is -2.28. The van der Waals surface area contributed by atoms with Crippen LogP contribution in [0.2, 0.25) is 0 Å². The third-order valence-corrected chi connectivity index (χ3v) is 4.55. The van der Waals surface area contributed by atoms with E-state index in [1.54, 1.807) is 18.7 Å². The Kier molecular flexibility index (Phi) is 4.36. The number of rotatable bonds is 3. The van der Waals surface area contributed by atoms with Crippen LogP contribution in [0.15, 0.2) is 18.2 Å². The zero-order valence-corrected chi connectivity index (χ0v) is 13.7. The van der Waals surface area contributed by atoms with E-state index in [2.05, 4.69) is 5.10 Å². The fourth-order valence-electron chi connectivity index (χ4n) is 3.21. The molecular formula is C17H20F2N4O. The van der Waals surface area contributed by atoms with Crippen LogP contribution in [0.3, 0.4) is 0 Å². The number of aryl methyl sites for hydroxylation is 1. The summed E-state index contributed by atoms with van der Waals surface area (Å²) in [6.45, 7) is 5.28. The van der Waals surface area contributed by atoms with Crippen LogP contribution in [0.25, 0.3) is 5.69 Å². The summed E-state index contributed by atoms with van der Waals surface area (Å²) in [5.41, 5.74) is 7.33. The van der Waals surface area contributed by atoms with Crippen LogP contribution in [0.4, 0.5) is 8.78 Å². The van der Waals surface area contributed by atoms with Crippen LogP contribution in [-0.4, -0.2) is 40.2 Å². The van der Waals surface area contributed by atoms with Crippen molar-refractivity contribution in [2.75, 3.05) is 19.6 Å². The van der Waals surface area contributed by atoms with Gasteiger partial charge in [0, 0.05) is 19.2 Å². The second kappa shape index (κ2) is 6.32. The lowest BCUT2D eigenvalue weighted by Gasteiger charge is -2.16. The molecule has 2 heterocycles. The molecule has 2 aromatic rings. The lowest BCUT2D eigenvalue weighted by atomic mass is 10.1. The molecule has 7 heteroatoms. The average molecular weight is 334 g/mol. The van der Waals surface area contributed by atoms with Gasteiger partial charge in [-0.3, -0.25) is 4.79 Å². The summed E-state index contributed by atoms with van der Waals surface area (Å²) in [5.74, 6) is -1.17. The molecular weight excluding hydrogens is 314 g/mol. The fraction of sp³-hybridized carbons (Fsp3) is 0.412. The number of hydrogen-bond donors (Lipinski definition) is 1. The first-order valence-electron chi connectivity index (χ1n) is 7.93. The van der Waals surface area contributed by atoms with Crippen molar-refractivity contribution in [3.8, 4) is 5.69 Å². The molecule has 1 fully saturated rings. The van der Waals surface area contributed by atoms with E-state index < -0.39 is 11.6 Å². The van der Waals surface area contributed by atoms with E-state index in [-0.39, 0.29) is 11.6 Å². The van der Waals surface area contributed by atoms with E-state index in [0.29, 0.717) is 42.5 Å². The predicted octanol–water partition coefficient (Wildman–Crippen LogP) is 2.19. The summed E-state index contributed by atoms with van der Waals surface area (Å²) in [5, 5.41) is 4.28. The fourth-order valence-corrected chi connectivity index (χ4v) is 3.21. The highest BCUT2D eigenvalue weighted by Gasteiger charge is 2.30. The van der Waals surface area contributed by atoms with E-state index in [4.69, 9.17) is 5.73 Å². The molecule has 0 aliphatic carbocycles. The summed E-state index contributed by atoms with van der Waals surface area (Å²) < 4.78 is 28.5. The van der Waals surface area contributed by atoms with Crippen LogP contribution in [0, 0.1) is 31.4 Å². The minimum absolute atomic E-state index is 0.116. The largest absolute Gasteiger partial charge is 0.338 e. The standard InChI is InChI=1S/C17H20F2N4O/c1-10-16(17(24)22-6-5-12(8-20)9-22)11(2)23(21-10)15-4-3-13(18)7-14(15)19/h3-4,7,12H,5-6,8-9,20H2,1-2H3/t12-/m0/s1. The van der Waals surface area contributed by atoms with E-state index in [0.717, 1.165) is 12.5 Å². The molecule has 1 atom stereocenters. The topological polar surface area (TPSA) is 64.2 Å². The maximum atomic E-state index is 14.0. The van der Waals surface area contributed by atoms with Gasteiger partial charge in [0.05, 0.1) is 17.0 Å². The Morgan fingerprint density at radius 3 is 2.75 bits per heavy atom. The van der Waals surface area contributed by atoms with E-state index >= 15 is 0 Å². The Balaban J connectivity index is 1.96. The molecule has 0 bridgehead atoms. The number of benzene rings is 1. The highest BCUT2D eigenvalue weighted by Crippen LogP contribution is 2.24. The summed E-state index contributed by atoms with van der Waals surface area (Å²) in [7, 11) is 0. The van der Waals surface area contributed by atoms with Crippen molar-refractivity contribution in [1.82, 2.24) is 14.7 Å². The van der Waals surface area contributed by atoms with E-state index in [1.807, 2.05) is 0 Å². The number of hydrogen-bond acceptors (Lipinski definition) is 3. The molecule has 0 saturated carbocycles. The summed E-state index contributed by atoms with van der Waals surface area (Å²) in [6.07, 6.45) is 0.890. The molecule has 0 radical (unpaired) electrons. The minimum atomic E-state index is -0.719. The number of carbonyl (C=O) groups excluding carboxylic acids is 1. The van der Waals surface area contributed by atoms with Crippen LogP contribution in [-0.2, 0) is 0 Å². The first-order chi connectivity index (χ1) is 11.4. The minimum Gasteiger partial charge on any atom is -0.338 e. The molecule has 1 aromatic carbocycles. The van der Waals surface area contributed by atoms with Gasteiger partial charge in [-0.2, -0.15) is 5.10 Å². The lowest BCUT2D eigenvalue weighted by molar-refractivity contribution is 0.0786. The highest BCUT2D eigenvalue weighted by molar-refractivity contribution is 5.96. The Bertz CT molecular complexity index is 787. The van der Waals surface area contributed by atoms with Gasteiger partial charge >= 0.3 is 0 Å². The SMILES string of the molecule is Cc1nn(-c2ccc(F)cc2F)c(C)c1C(=O)N1CC[C@@H](CN)C1. The zero-order chi connectivity index (χ0) is 17.4. The van der Waals surface area contributed by atoms with Crippen molar-refractivity contribution in [3.63, 3.8) is 0 Å². The van der Waals surface area contributed by atoms with Crippen LogP contribution < -0.4 is 5.73 Å². The number of amides is 1. The van der Waals surface area contributed by atoms with Crippen molar-refractivity contribution in [1.29, 1.82) is 0 Å². The number of carbonyl (C=O) groups is 1. The molecule has 1 aromatic heterocycles. The maximum absolute atomic E-state index is 14.0. The highest BCUT2D eigenvalue weighted by atomic mass is 19.1. The van der Waals surface area contributed by atoms with Gasteiger partial charge in [-0.05, 0) is 44.9 Å². The Morgan fingerprint density at radius 1 is 1.38 bits per heavy atom. The van der Waals surface area contributed by atoms with Crippen molar-refractivity contribution in [2.45, 2.75) is 20.3 Å². The molecule has 0 spiro atoms. The van der Waals surface area contributed by atoms with Crippen LogP contribution in [0.5, 0.6) is 0 Å². The van der Waals surface area contributed by atoms with Gasteiger partial charge in [-0.15, -0.1) is 0 Å². The van der Waals surface area contributed by atoms with Gasteiger partial charge in [-0.25, -0.2) is 13.5 Å². The normalized spacial score (nSPS) is 17.5. The molecule has 1 saturated heterocycles. The third-order valence-electron chi connectivity index (χ3n) is 4.55. The van der Waals surface area contributed by atoms with Gasteiger partial charge in [-0.1, -0.05) is 0 Å².